The van der Waals surface area contributed by atoms with Gasteiger partial charge in [-0.1, -0.05) is 13.8 Å². The minimum absolute atomic E-state index is 0.0741. The minimum atomic E-state index is -0.573. The van der Waals surface area contributed by atoms with E-state index in [1.165, 1.54) is 4.90 Å². The largest absolute Gasteiger partial charge is 0.368 e. The fourth-order valence-corrected chi connectivity index (χ4v) is 1.56. The number of halogens is 1. The zero-order valence-corrected chi connectivity index (χ0v) is 10.8. The van der Waals surface area contributed by atoms with E-state index in [4.69, 9.17) is 5.73 Å². The number of hydrogen-bond acceptors (Lipinski definition) is 5. The van der Waals surface area contributed by atoms with E-state index >= 15 is 0 Å². The zero-order chi connectivity index (χ0) is 13.7. The van der Waals surface area contributed by atoms with E-state index in [9.17, 15) is 9.18 Å². The van der Waals surface area contributed by atoms with Gasteiger partial charge in [0.25, 0.3) is 0 Å². The Hall–Kier alpha value is -1.92. The second kappa shape index (κ2) is 6.13. The predicted octanol–water partition coefficient (Wildman–Crippen LogP) is 0.605. The standard InChI is InChI=1S/C11H18FN5O/c1-7(2)5-17(6-9(13)18)10-8(12)4-15-11(14-3)16-10/h4,7H,5-6H2,1-3H3,(H2,13,18)(H,14,15,16). The van der Waals surface area contributed by atoms with Crippen LogP contribution >= 0.6 is 0 Å². The van der Waals surface area contributed by atoms with Gasteiger partial charge in [0.2, 0.25) is 11.9 Å². The molecule has 0 aliphatic rings. The Labute approximate surface area is 105 Å². The first-order valence-electron chi connectivity index (χ1n) is 5.67. The van der Waals surface area contributed by atoms with Crippen molar-refractivity contribution in [3.8, 4) is 0 Å². The Kier molecular flexibility index (Phi) is 4.82. The van der Waals surface area contributed by atoms with Gasteiger partial charge in [-0.05, 0) is 5.92 Å². The molecule has 0 saturated heterocycles. The molecule has 0 aliphatic heterocycles. The third kappa shape index (κ3) is 3.83. The molecule has 0 unspecified atom stereocenters. The Morgan fingerprint density at radius 2 is 2.28 bits per heavy atom. The average Bonchev–Trinajstić information content (AvgIpc) is 2.27. The first kappa shape index (κ1) is 14.1. The lowest BCUT2D eigenvalue weighted by Gasteiger charge is -2.24. The predicted molar refractivity (Wildman–Crippen MR) is 67.8 cm³/mol. The van der Waals surface area contributed by atoms with Crippen molar-refractivity contribution in [2.75, 3.05) is 30.4 Å². The van der Waals surface area contributed by atoms with Crippen LogP contribution in [-0.4, -0.2) is 36.0 Å². The van der Waals surface area contributed by atoms with Crippen molar-refractivity contribution in [1.29, 1.82) is 0 Å². The summed E-state index contributed by atoms with van der Waals surface area (Å²) >= 11 is 0. The highest BCUT2D eigenvalue weighted by Gasteiger charge is 2.17. The quantitative estimate of drug-likeness (QED) is 0.778. The van der Waals surface area contributed by atoms with Crippen molar-refractivity contribution < 1.29 is 9.18 Å². The molecule has 0 spiro atoms. The number of nitrogens with zero attached hydrogens (tertiary/aromatic N) is 3. The zero-order valence-electron chi connectivity index (χ0n) is 10.8. The molecule has 0 saturated carbocycles. The molecular formula is C11H18FN5O. The smallest absolute Gasteiger partial charge is 0.237 e. The van der Waals surface area contributed by atoms with Gasteiger partial charge in [0.1, 0.15) is 0 Å². The minimum Gasteiger partial charge on any atom is -0.368 e. The van der Waals surface area contributed by atoms with Gasteiger partial charge in [0.15, 0.2) is 11.6 Å². The van der Waals surface area contributed by atoms with Gasteiger partial charge < -0.3 is 16.0 Å². The fraction of sp³-hybridized carbons (Fsp3) is 0.545. The van der Waals surface area contributed by atoms with Crippen molar-refractivity contribution in [2.24, 2.45) is 11.7 Å². The molecular weight excluding hydrogens is 237 g/mol. The summed E-state index contributed by atoms with van der Waals surface area (Å²) in [7, 11) is 1.64. The number of carbonyl (C=O) groups excluding carboxylic acids is 1. The molecule has 0 radical (unpaired) electrons. The molecule has 18 heavy (non-hydrogen) atoms. The van der Waals surface area contributed by atoms with Crippen molar-refractivity contribution in [3.05, 3.63) is 12.0 Å². The Morgan fingerprint density at radius 3 is 2.78 bits per heavy atom. The summed E-state index contributed by atoms with van der Waals surface area (Å²) in [5.74, 6) is -0.473. The van der Waals surface area contributed by atoms with Gasteiger partial charge in [-0.2, -0.15) is 4.98 Å². The summed E-state index contributed by atoms with van der Waals surface area (Å²) < 4.78 is 13.7. The van der Waals surface area contributed by atoms with Crippen LogP contribution in [0.5, 0.6) is 0 Å². The van der Waals surface area contributed by atoms with Crippen molar-refractivity contribution in [3.63, 3.8) is 0 Å². The Bertz CT molecular complexity index is 424. The maximum absolute atomic E-state index is 13.7. The van der Waals surface area contributed by atoms with Gasteiger partial charge in [-0.25, -0.2) is 9.37 Å². The monoisotopic (exact) mass is 255 g/mol. The van der Waals surface area contributed by atoms with Crippen LogP contribution in [0, 0.1) is 11.7 Å². The van der Waals surface area contributed by atoms with Crippen LogP contribution in [0.1, 0.15) is 13.8 Å². The van der Waals surface area contributed by atoms with E-state index in [0.717, 1.165) is 6.20 Å². The second-order valence-corrected chi connectivity index (χ2v) is 4.36. The number of amides is 1. The normalized spacial score (nSPS) is 10.5. The molecule has 1 aromatic rings. The molecule has 6 nitrogen and oxygen atoms in total. The number of nitrogens with two attached hydrogens (primary N) is 1. The highest BCUT2D eigenvalue weighted by atomic mass is 19.1. The summed E-state index contributed by atoms with van der Waals surface area (Å²) in [5, 5.41) is 2.72. The highest BCUT2D eigenvalue weighted by Crippen LogP contribution is 2.18. The fourth-order valence-electron chi connectivity index (χ4n) is 1.56. The molecule has 7 heteroatoms. The first-order valence-corrected chi connectivity index (χ1v) is 5.67. The van der Waals surface area contributed by atoms with Crippen LogP contribution in [0.3, 0.4) is 0 Å². The van der Waals surface area contributed by atoms with Gasteiger partial charge in [0, 0.05) is 13.6 Å². The summed E-state index contributed by atoms with van der Waals surface area (Å²) in [6, 6.07) is 0. The number of hydrogen-bond donors (Lipinski definition) is 2. The molecule has 1 aromatic heterocycles. The lowest BCUT2D eigenvalue weighted by Crippen LogP contribution is -2.37. The van der Waals surface area contributed by atoms with Gasteiger partial charge >= 0.3 is 0 Å². The lowest BCUT2D eigenvalue weighted by molar-refractivity contribution is -0.116. The summed E-state index contributed by atoms with van der Waals surface area (Å²) in [4.78, 5) is 20.3. The molecule has 0 aromatic carbocycles. The topological polar surface area (TPSA) is 84.1 Å². The second-order valence-electron chi connectivity index (χ2n) is 4.36. The highest BCUT2D eigenvalue weighted by molar-refractivity contribution is 5.79. The van der Waals surface area contributed by atoms with Crippen molar-refractivity contribution >= 4 is 17.7 Å². The number of anilines is 2. The van der Waals surface area contributed by atoms with Crippen molar-refractivity contribution in [1.82, 2.24) is 9.97 Å². The summed E-state index contributed by atoms with van der Waals surface area (Å²) in [6.45, 7) is 4.34. The molecule has 3 N–H and O–H groups in total. The molecule has 0 atom stereocenters. The number of nitrogens with one attached hydrogen (secondary N) is 1. The molecule has 1 amide bonds. The molecule has 0 bridgehead atoms. The third-order valence-corrected chi connectivity index (χ3v) is 2.18. The SMILES string of the molecule is CNc1ncc(F)c(N(CC(N)=O)CC(C)C)n1. The van der Waals surface area contributed by atoms with E-state index < -0.39 is 11.7 Å². The summed E-state index contributed by atoms with van der Waals surface area (Å²) in [5.41, 5.74) is 5.16. The molecule has 1 rings (SSSR count). The first-order chi connectivity index (χ1) is 8.43. The van der Waals surface area contributed by atoms with Crippen LogP contribution in [0.25, 0.3) is 0 Å². The molecule has 0 aliphatic carbocycles. The maximum atomic E-state index is 13.7. The number of carbonyl (C=O) groups is 1. The van der Waals surface area contributed by atoms with E-state index in [1.54, 1.807) is 7.05 Å². The van der Waals surface area contributed by atoms with E-state index in [2.05, 4.69) is 15.3 Å². The number of rotatable bonds is 6. The van der Waals surface area contributed by atoms with E-state index in [1.807, 2.05) is 13.8 Å². The molecule has 0 fully saturated rings. The van der Waals surface area contributed by atoms with Gasteiger partial charge in [-0.15, -0.1) is 0 Å². The third-order valence-electron chi connectivity index (χ3n) is 2.18. The Morgan fingerprint density at radius 1 is 1.61 bits per heavy atom. The van der Waals surface area contributed by atoms with Crippen LogP contribution in [0.15, 0.2) is 6.20 Å². The average molecular weight is 255 g/mol. The Balaban J connectivity index is 3.06. The molecule has 1 heterocycles. The maximum Gasteiger partial charge on any atom is 0.237 e. The van der Waals surface area contributed by atoms with Crippen LogP contribution in [0.4, 0.5) is 16.2 Å². The van der Waals surface area contributed by atoms with Crippen molar-refractivity contribution in [2.45, 2.75) is 13.8 Å². The van der Waals surface area contributed by atoms with Gasteiger partial charge in [0.05, 0.1) is 12.7 Å². The number of primary amides is 1. The van der Waals surface area contributed by atoms with Crippen LogP contribution in [0.2, 0.25) is 0 Å². The number of aromatic nitrogens is 2. The van der Waals surface area contributed by atoms with Crippen LogP contribution in [-0.2, 0) is 4.79 Å². The van der Waals surface area contributed by atoms with E-state index in [0.29, 0.717) is 12.5 Å². The molecule has 100 valence electrons. The van der Waals surface area contributed by atoms with Crippen LogP contribution < -0.4 is 16.0 Å². The lowest BCUT2D eigenvalue weighted by atomic mass is 10.2. The van der Waals surface area contributed by atoms with E-state index in [-0.39, 0.29) is 18.3 Å². The van der Waals surface area contributed by atoms with Gasteiger partial charge in [-0.3, -0.25) is 4.79 Å². The summed E-state index contributed by atoms with van der Waals surface area (Å²) in [6.07, 6.45) is 1.07.